The van der Waals surface area contributed by atoms with E-state index in [1.807, 2.05) is 25.1 Å². The van der Waals surface area contributed by atoms with Crippen molar-refractivity contribution in [3.63, 3.8) is 0 Å². The maximum atomic E-state index is 6.03. The Hall–Kier alpha value is -1.26. The lowest BCUT2D eigenvalue weighted by Crippen LogP contribution is -2.28. The van der Waals surface area contributed by atoms with Crippen LogP contribution >= 0.6 is 0 Å². The highest BCUT2D eigenvalue weighted by Crippen LogP contribution is 2.33. The summed E-state index contributed by atoms with van der Waals surface area (Å²) in [6.07, 6.45) is 2.16. The van der Waals surface area contributed by atoms with Gasteiger partial charge in [-0.05, 0) is 25.8 Å². The number of benzene rings is 1. The molecule has 1 aromatic rings. The third-order valence-electron chi connectivity index (χ3n) is 2.98. The normalized spacial score (nSPS) is 19.6. The van der Waals surface area contributed by atoms with Crippen LogP contribution in [-0.4, -0.2) is 25.9 Å². The molecule has 0 saturated carbocycles. The Balaban J connectivity index is 2.16. The minimum absolute atomic E-state index is 0.102. The lowest BCUT2D eigenvalue weighted by atomic mass is 10.1. The second kappa shape index (κ2) is 6.61. The SMILES string of the molecule is CCOc1cccc(CN)c1OC1CCCOC1. The second-order valence-corrected chi connectivity index (χ2v) is 4.34. The Morgan fingerprint density at radius 1 is 1.44 bits per heavy atom. The average molecular weight is 251 g/mol. The summed E-state index contributed by atoms with van der Waals surface area (Å²) in [5, 5.41) is 0. The number of ether oxygens (including phenoxy) is 3. The van der Waals surface area contributed by atoms with Crippen LogP contribution in [0.5, 0.6) is 11.5 Å². The van der Waals surface area contributed by atoms with Crippen LogP contribution in [-0.2, 0) is 11.3 Å². The Labute approximate surface area is 108 Å². The zero-order chi connectivity index (χ0) is 12.8. The summed E-state index contributed by atoms with van der Waals surface area (Å²) in [5.41, 5.74) is 6.73. The van der Waals surface area contributed by atoms with E-state index in [0.29, 0.717) is 19.8 Å². The van der Waals surface area contributed by atoms with Crippen LogP contribution in [0.1, 0.15) is 25.3 Å². The van der Waals surface area contributed by atoms with Crippen molar-refractivity contribution >= 4 is 0 Å². The van der Waals surface area contributed by atoms with Crippen molar-refractivity contribution in [1.82, 2.24) is 0 Å². The second-order valence-electron chi connectivity index (χ2n) is 4.34. The third kappa shape index (κ3) is 3.15. The highest BCUT2D eigenvalue weighted by Gasteiger charge is 2.19. The summed E-state index contributed by atoms with van der Waals surface area (Å²) in [5.74, 6) is 1.54. The van der Waals surface area contributed by atoms with E-state index < -0.39 is 0 Å². The summed E-state index contributed by atoms with van der Waals surface area (Å²) < 4.78 is 17.1. The molecule has 1 heterocycles. The lowest BCUT2D eigenvalue weighted by Gasteiger charge is -2.25. The Kier molecular flexibility index (Phi) is 4.84. The molecule has 0 spiro atoms. The topological polar surface area (TPSA) is 53.7 Å². The van der Waals surface area contributed by atoms with E-state index in [1.54, 1.807) is 0 Å². The minimum atomic E-state index is 0.102. The molecule has 18 heavy (non-hydrogen) atoms. The van der Waals surface area contributed by atoms with Crippen LogP contribution in [0.2, 0.25) is 0 Å². The van der Waals surface area contributed by atoms with E-state index in [0.717, 1.165) is 36.5 Å². The van der Waals surface area contributed by atoms with E-state index in [-0.39, 0.29) is 6.10 Å². The van der Waals surface area contributed by atoms with Crippen molar-refractivity contribution in [3.05, 3.63) is 23.8 Å². The number of hydrogen-bond donors (Lipinski definition) is 1. The fourth-order valence-corrected chi connectivity index (χ4v) is 2.10. The molecule has 0 aromatic heterocycles. The molecule has 1 aliphatic heterocycles. The van der Waals surface area contributed by atoms with Crippen molar-refractivity contribution < 1.29 is 14.2 Å². The third-order valence-corrected chi connectivity index (χ3v) is 2.98. The van der Waals surface area contributed by atoms with Gasteiger partial charge in [0.25, 0.3) is 0 Å². The highest BCUT2D eigenvalue weighted by atomic mass is 16.6. The number of hydrogen-bond acceptors (Lipinski definition) is 4. The van der Waals surface area contributed by atoms with Gasteiger partial charge in [-0.1, -0.05) is 12.1 Å². The van der Waals surface area contributed by atoms with Crippen molar-refractivity contribution in [3.8, 4) is 11.5 Å². The smallest absolute Gasteiger partial charge is 0.166 e. The van der Waals surface area contributed by atoms with Crippen LogP contribution in [0.25, 0.3) is 0 Å². The van der Waals surface area contributed by atoms with E-state index >= 15 is 0 Å². The molecule has 1 saturated heterocycles. The summed E-state index contributed by atoms with van der Waals surface area (Å²) in [4.78, 5) is 0. The highest BCUT2D eigenvalue weighted by molar-refractivity contribution is 5.46. The molecule has 0 bridgehead atoms. The molecule has 2 N–H and O–H groups in total. The van der Waals surface area contributed by atoms with Gasteiger partial charge in [-0.3, -0.25) is 0 Å². The first-order valence-corrected chi connectivity index (χ1v) is 6.54. The molecule has 4 heteroatoms. The monoisotopic (exact) mass is 251 g/mol. The van der Waals surface area contributed by atoms with E-state index in [2.05, 4.69) is 0 Å². The first kappa shape index (κ1) is 13.2. The fourth-order valence-electron chi connectivity index (χ4n) is 2.10. The molecular weight excluding hydrogens is 230 g/mol. The van der Waals surface area contributed by atoms with Crippen LogP contribution in [0, 0.1) is 0 Å². The van der Waals surface area contributed by atoms with Crippen molar-refractivity contribution in [2.24, 2.45) is 5.73 Å². The molecule has 1 fully saturated rings. The van der Waals surface area contributed by atoms with Crippen molar-refractivity contribution in [2.45, 2.75) is 32.4 Å². The quantitative estimate of drug-likeness (QED) is 0.870. The molecule has 0 aliphatic carbocycles. The standard InChI is InChI=1S/C14H21NO3/c1-2-17-13-7-3-5-11(9-15)14(13)18-12-6-4-8-16-10-12/h3,5,7,12H,2,4,6,8-10,15H2,1H3. The molecule has 4 nitrogen and oxygen atoms in total. The van der Waals surface area contributed by atoms with Crippen LogP contribution < -0.4 is 15.2 Å². The van der Waals surface area contributed by atoms with Gasteiger partial charge in [0.1, 0.15) is 6.10 Å². The van der Waals surface area contributed by atoms with Gasteiger partial charge < -0.3 is 19.9 Å². The number of nitrogens with two attached hydrogens (primary N) is 1. The first-order valence-electron chi connectivity index (χ1n) is 6.54. The minimum Gasteiger partial charge on any atom is -0.490 e. The molecular formula is C14H21NO3. The number of para-hydroxylation sites is 1. The van der Waals surface area contributed by atoms with Gasteiger partial charge in [-0.15, -0.1) is 0 Å². The molecule has 0 amide bonds. The Morgan fingerprint density at radius 3 is 3.00 bits per heavy atom. The van der Waals surface area contributed by atoms with Gasteiger partial charge in [-0.2, -0.15) is 0 Å². The molecule has 100 valence electrons. The van der Waals surface area contributed by atoms with Gasteiger partial charge in [-0.25, -0.2) is 0 Å². The van der Waals surface area contributed by atoms with Gasteiger partial charge >= 0.3 is 0 Å². The first-order chi connectivity index (χ1) is 8.85. The predicted octanol–water partition coefficient (Wildman–Crippen LogP) is 2.10. The Morgan fingerprint density at radius 2 is 2.33 bits per heavy atom. The fraction of sp³-hybridized carbons (Fsp3) is 0.571. The number of rotatable bonds is 5. The summed E-state index contributed by atoms with van der Waals surface area (Å²) in [7, 11) is 0. The van der Waals surface area contributed by atoms with Gasteiger partial charge in [0.2, 0.25) is 0 Å². The van der Waals surface area contributed by atoms with Crippen LogP contribution in [0.15, 0.2) is 18.2 Å². The molecule has 2 rings (SSSR count). The summed E-state index contributed by atoms with van der Waals surface area (Å²) in [6, 6.07) is 5.83. The lowest BCUT2D eigenvalue weighted by molar-refractivity contribution is 0.00585. The largest absolute Gasteiger partial charge is 0.490 e. The molecule has 1 aromatic carbocycles. The summed E-state index contributed by atoms with van der Waals surface area (Å²) >= 11 is 0. The van der Waals surface area contributed by atoms with E-state index in [4.69, 9.17) is 19.9 Å². The van der Waals surface area contributed by atoms with E-state index in [1.165, 1.54) is 0 Å². The molecule has 1 aliphatic rings. The van der Waals surface area contributed by atoms with Gasteiger partial charge in [0.15, 0.2) is 11.5 Å². The molecule has 1 atom stereocenters. The van der Waals surface area contributed by atoms with Gasteiger partial charge in [0.05, 0.1) is 13.2 Å². The predicted molar refractivity (Wildman–Crippen MR) is 70.0 cm³/mol. The van der Waals surface area contributed by atoms with Crippen molar-refractivity contribution in [2.75, 3.05) is 19.8 Å². The van der Waals surface area contributed by atoms with Crippen LogP contribution in [0.3, 0.4) is 0 Å². The summed E-state index contributed by atoms with van der Waals surface area (Å²) in [6.45, 7) is 4.50. The zero-order valence-electron chi connectivity index (χ0n) is 10.9. The van der Waals surface area contributed by atoms with Crippen molar-refractivity contribution in [1.29, 1.82) is 0 Å². The molecule has 0 radical (unpaired) electrons. The average Bonchev–Trinajstić information content (AvgIpc) is 2.42. The Bertz CT molecular complexity index is 375. The zero-order valence-corrected chi connectivity index (χ0v) is 10.9. The molecule has 1 unspecified atom stereocenters. The van der Waals surface area contributed by atoms with Gasteiger partial charge in [0, 0.05) is 18.7 Å². The van der Waals surface area contributed by atoms with Crippen LogP contribution in [0.4, 0.5) is 0 Å². The van der Waals surface area contributed by atoms with E-state index in [9.17, 15) is 0 Å². The maximum absolute atomic E-state index is 6.03. The maximum Gasteiger partial charge on any atom is 0.166 e.